The fourth-order valence-corrected chi connectivity index (χ4v) is 5.14. The van der Waals surface area contributed by atoms with Crippen LogP contribution in [0.4, 0.5) is 16.2 Å². The normalized spacial score (nSPS) is 20.5. The van der Waals surface area contributed by atoms with Gasteiger partial charge in [-0.15, -0.1) is 0 Å². The first kappa shape index (κ1) is 23.1. The van der Waals surface area contributed by atoms with Gasteiger partial charge in [-0.25, -0.2) is 4.79 Å². The van der Waals surface area contributed by atoms with Crippen LogP contribution in [0.5, 0.6) is 5.75 Å². The van der Waals surface area contributed by atoms with Gasteiger partial charge in [-0.05, 0) is 62.3 Å². The third-order valence-electron chi connectivity index (χ3n) is 7.08. The molecule has 0 unspecified atom stereocenters. The van der Waals surface area contributed by atoms with Gasteiger partial charge in [0, 0.05) is 30.7 Å². The molecule has 0 atom stereocenters. The summed E-state index contributed by atoms with van der Waals surface area (Å²) in [6, 6.07) is 10.0. The second kappa shape index (κ2) is 9.43. The Morgan fingerprint density at radius 3 is 2.39 bits per heavy atom. The Morgan fingerprint density at radius 2 is 1.76 bits per heavy atom. The molecule has 1 aliphatic carbocycles. The van der Waals surface area contributed by atoms with E-state index < -0.39 is 0 Å². The lowest BCUT2D eigenvalue weighted by atomic mass is 9.84. The van der Waals surface area contributed by atoms with E-state index >= 15 is 0 Å². The fourth-order valence-electron chi connectivity index (χ4n) is 5.14. The molecule has 2 aromatic carbocycles. The van der Waals surface area contributed by atoms with Gasteiger partial charge < -0.3 is 20.1 Å². The highest BCUT2D eigenvalue weighted by Gasteiger charge is 2.39. The van der Waals surface area contributed by atoms with Crippen LogP contribution in [0.2, 0.25) is 0 Å². The summed E-state index contributed by atoms with van der Waals surface area (Å²) in [6.07, 6.45) is 2.99. The minimum Gasteiger partial charge on any atom is -0.496 e. The van der Waals surface area contributed by atoms with E-state index in [0.717, 1.165) is 65.1 Å². The monoisotopic (exact) mass is 451 g/mol. The van der Waals surface area contributed by atoms with Gasteiger partial charge in [0.05, 0.1) is 31.6 Å². The van der Waals surface area contributed by atoms with E-state index in [1.807, 2.05) is 41.0 Å². The van der Waals surface area contributed by atoms with E-state index in [2.05, 4.69) is 13.0 Å². The van der Waals surface area contributed by atoms with Gasteiger partial charge in [0.2, 0.25) is 5.91 Å². The van der Waals surface area contributed by atoms with Gasteiger partial charge in [-0.3, -0.25) is 9.69 Å². The number of aryl methyl sites for hydroxylation is 2. The van der Waals surface area contributed by atoms with Crippen molar-refractivity contribution < 1.29 is 19.1 Å². The number of nitrogens with zero attached hydrogens (tertiary/aromatic N) is 2. The van der Waals surface area contributed by atoms with Crippen LogP contribution in [-0.4, -0.2) is 37.1 Å². The van der Waals surface area contributed by atoms with E-state index in [4.69, 9.17) is 15.2 Å². The van der Waals surface area contributed by atoms with Crippen molar-refractivity contribution in [2.45, 2.75) is 58.7 Å². The number of nitrogens with two attached hydrogens (primary N) is 1. The highest BCUT2D eigenvalue weighted by atomic mass is 16.5. The van der Waals surface area contributed by atoms with Crippen LogP contribution in [0.15, 0.2) is 30.3 Å². The van der Waals surface area contributed by atoms with Crippen LogP contribution < -0.4 is 15.4 Å². The summed E-state index contributed by atoms with van der Waals surface area (Å²) in [7, 11) is 3.31. The molecule has 2 aromatic rings. The Kier molecular flexibility index (Phi) is 6.61. The molecule has 2 N–H and O–H groups in total. The molecule has 1 saturated carbocycles. The topological polar surface area (TPSA) is 85.1 Å². The number of rotatable bonds is 6. The summed E-state index contributed by atoms with van der Waals surface area (Å²) in [5.41, 5.74) is 11.4. The van der Waals surface area contributed by atoms with Crippen LogP contribution in [0, 0.1) is 19.8 Å². The molecule has 0 bridgehead atoms. The largest absolute Gasteiger partial charge is 0.496 e. The number of benzene rings is 2. The van der Waals surface area contributed by atoms with Gasteiger partial charge in [-0.2, -0.15) is 0 Å². The van der Waals surface area contributed by atoms with Crippen LogP contribution in [0.3, 0.4) is 0 Å². The predicted octanol–water partition coefficient (Wildman–Crippen LogP) is 4.58. The first-order valence-corrected chi connectivity index (χ1v) is 11.5. The molecule has 4 rings (SSSR count). The SMILES string of the molecule is COCc1ccc(C)c2c1N(c1ccc(C)c(OC)c1)C(=O)N(C1CCC(C(N)=O)CC1)C2. The molecule has 0 aromatic heterocycles. The quantitative estimate of drug-likeness (QED) is 0.697. The zero-order valence-corrected chi connectivity index (χ0v) is 19.9. The van der Waals surface area contributed by atoms with Gasteiger partial charge >= 0.3 is 6.03 Å². The number of carbonyl (C=O) groups excluding carboxylic acids is 2. The standard InChI is InChI=1S/C26H33N3O4/c1-16-5-7-19(15-32-3)24-22(16)14-28(20-11-8-18(9-12-20)25(27)30)26(31)29(24)21-10-6-17(2)23(13-21)33-4/h5-7,10,13,18,20H,8-9,11-12,14-15H2,1-4H3,(H2,27,30). The Morgan fingerprint density at radius 1 is 1.06 bits per heavy atom. The summed E-state index contributed by atoms with van der Waals surface area (Å²) in [5, 5.41) is 0. The third-order valence-corrected chi connectivity index (χ3v) is 7.08. The number of hydrogen-bond acceptors (Lipinski definition) is 4. The van der Waals surface area contributed by atoms with E-state index in [0.29, 0.717) is 13.2 Å². The number of ether oxygens (including phenoxy) is 2. The van der Waals surface area contributed by atoms with Crippen LogP contribution in [0.25, 0.3) is 0 Å². The second-order valence-corrected chi connectivity index (χ2v) is 9.11. The number of hydrogen-bond donors (Lipinski definition) is 1. The molecule has 176 valence electrons. The van der Waals surface area contributed by atoms with Crippen molar-refractivity contribution in [1.82, 2.24) is 4.90 Å². The number of primary amides is 1. The first-order valence-electron chi connectivity index (χ1n) is 11.5. The number of anilines is 2. The molecular formula is C26H33N3O4. The first-order chi connectivity index (χ1) is 15.8. The molecule has 1 fully saturated rings. The van der Waals surface area contributed by atoms with Crippen molar-refractivity contribution in [1.29, 1.82) is 0 Å². The van der Waals surface area contributed by atoms with Gasteiger partial charge in [-0.1, -0.05) is 18.2 Å². The molecule has 1 aliphatic heterocycles. The maximum atomic E-state index is 14.0. The molecule has 3 amide bonds. The second-order valence-electron chi connectivity index (χ2n) is 9.11. The van der Waals surface area contributed by atoms with E-state index in [1.54, 1.807) is 14.2 Å². The summed E-state index contributed by atoms with van der Waals surface area (Å²) in [6.45, 7) is 5.03. The third kappa shape index (κ3) is 4.29. The molecule has 33 heavy (non-hydrogen) atoms. The molecule has 0 saturated heterocycles. The Hall–Kier alpha value is -3.06. The van der Waals surface area contributed by atoms with E-state index in [9.17, 15) is 9.59 Å². The Bertz CT molecular complexity index is 1060. The number of amides is 3. The lowest BCUT2D eigenvalue weighted by Gasteiger charge is -2.44. The predicted molar refractivity (Wildman–Crippen MR) is 128 cm³/mol. The maximum absolute atomic E-state index is 14.0. The number of fused-ring (bicyclic) bond motifs is 1. The van der Waals surface area contributed by atoms with Crippen molar-refractivity contribution in [2.24, 2.45) is 11.7 Å². The van der Waals surface area contributed by atoms with Crippen molar-refractivity contribution in [3.8, 4) is 5.75 Å². The smallest absolute Gasteiger partial charge is 0.329 e. The average Bonchev–Trinajstić information content (AvgIpc) is 2.81. The summed E-state index contributed by atoms with van der Waals surface area (Å²) in [4.78, 5) is 29.5. The van der Waals surface area contributed by atoms with Crippen molar-refractivity contribution in [2.75, 3.05) is 19.1 Å². The molecule has 1 heterocycles. The Labute approximate surface area is 195 Å². The average molecular weight is 452 g/mol. The minimum absolute atomic E-state index is 0.0566. The molecule has 7 heteroatoms. The Balaban J connectivity index is 1.79. The van der Waals surface area contributed by atoms with Gasteiger partial charge in [0.1, 0.15) is 5.75 Å². The van der Waals surface area contributed by atoms with Crippen LogP contribution in [0.1, 0.15) is 47.9 Å². The van der Waals surface area contributed by atoms with Crippen LogP contribution in [-0.2, 0) is 22.7 Å². The van der Waals surface area contributed by atoms with Crippen molar-refractivity contribution in [3.63, 3.8) is 0 Å². The van der Waals surface area contributed by atoms with Crippen LogP contribution >= 0.6 is 0 Å². The van der Waals surface area contributed by atoms with Gasteiger partial charge in [0.15, 0.2) is 0 Å². The fraction of sp³-hybridized carbons (Fsp3) is 0.462. The summed E-state index contributed by atoms with van der Waals surface area (Å²) < 4.78 is 11.0. The molecule has 0 radical (unpaired) electrons. The number of carbonyl (C=O) groups is 2. The zero-order valence-electron chi connectivity index (χ0n) is 19.9. The van der Waals surface area contributed by atoms with Crippen molar-refractivity contribution >= 4 is 23.3 Å². The lowest BCUT2D eigenvalue weighted by molar-refractivity contribution is -0.123. The van der Waals surface area contributed by atoms with Gasteiger partial charge in [0.25, 0.3) is 0 Å². The van der Waals surface area contributed by atoms with Crippen molar-refractivity contribution in [3.05, 3.63) is 52.6 Å². The number of methoxy groups -OCH3 is 2. The van der Waals surface area contributed by atoms with E-state index in [-0.39, 0.29) is 23.9 Å². The van der Waals surface area contributed by atoms with E-state index in [1.165, 1.54) is 0 Å². The minimum atomic E-state index is -0.239. The highest BCUT2D eigenvalue weighted by molar-refractivity contribution is 6.03. The summed E-state index contributed by atoms with van der Waals surface area (Å²) in [5.74, 6) is 0.403. The lowest BCUT2D eigenvalue weighted by Crippen LogP contribution is -2.51. The summed E-state index contributed by atoms with van der Waals surface area (Å²) >= 11 is 0. The molecule has 7 nitrogen and oxygen atoms in total. The molecule has 2 aliphatic rings. The molecular weight excluding hydrogens is 418 g/mol. The molecule has 0 spiro atoms. The highest BCUT2D eigenvalue weighted by Crippen LogP contribution is 2.43. The zero-order chi connectivity index (χ0) is 23.7. The maximum Gasteiger partial charge on any atom is 0.329 e. The number of urea groups is 1.